The Bertz CT molecular complexity index is 1350. The van der Waals surface area contributed by atoms with Gasteiger partial charge in [-0.1, -0.05) is 0 Å². The predicted octanol–water partition coefficient (Wildman–Crippen LogP) is 6.47. The third kappa shape index (κ3) is 12.3. The van der Waals surface area contributed by atoms with E-state index in [0.717, 1.165) is 24.3 Å². The van der Waals surface area contributed by atoms with Gasteiger partial charge in [0.05, 0.1) is 22.3 Å². The molecular weight excluding hydrogens is 604 g/mol. The third-order valence-corrected chi connectivity index (χ3v) is 4.91. The molecule has 0 aliphatic rings. The Morgan fingerprint density at radius 3 is 0.913 bits per heavy atom. The molecule has 0 amide bonds. The van der Waals surface area contributed by atoms with Crippen molar-refractivity contribution in [2.24, 2.45) is 0 Å². The van der Waals surface area contributed by atoms with Gasteiger partial charge in [0.1, 0.15) is 22.4 Å². The van der Waals surface area contributed by atoms with Crippen molar-refractivity contribution < 1.29 is 63.1 Å². The van der Waals surface area contributed by atoms with Gasteiger partial charge in [0.25, 0.3) is 0 Å². The van der Waals surface area contributed by atoms with E-state index < -0.39 is 63.2 Å². The van der Waals surface area contributed by atoms with Gasteiger partial charge in [0, 0.05) is 11.1 Å². The fourth-order valence-corrected chi connectivity index (χ4v) is 3.06. The molecule has 2 rings (SSSR count). The molecule has 0 aromatic heterocycles. The van der Waals surface area contributed by atoms with Crippen LogP contribution in [0, 0.1) is 0 Å². The van der Waals surface area contributed by atoms with Gasteiger partial charge in [-0.15, -0.1) is 0 Å². The lowest BCUT2D eigenvalue weighted by Crippen LogP contribution is -2.25. The van der Waals surface area contributed by atoms with Crippen molar-refractivity contribution in [3.63, 3.8) is 0 Å². The van der Waals surface area contributed by atoms with Crippen molar-refractivity contribution >= 4 is 29.7 Å². The van der Waals surface area contributed by atoms with Crippen LogP contribution in [0.25, 0.3) is 0 Å². The zero-order valence-electron chi connectivity index (χ0n) is 28.3. The highest BCUT2D eigenvalue weighted by atomic mass is 17.2. The van der Waals surface area contributed by atoms with Crippen LogP contribution in [0.2, 0.25) is 0 Å². The Labute approximate surface area is 268 Å². The molecule has 0 radical (unpaired) electrons. The molecule has 0 fully saturated rings. The number of benzene rings is 2. The van der Waals surface area contributed by atoms with E-state index in [1.54, 1.807) is 83.1 Å². The van der Waals surface area contributed by atoms with E-state index in [0.29, 0.717) is 0 Å². The largest absolute Gasteiger partial charge is 0.373 e. The summed E-state index contributed by atoms with van der Waals surface area (Å²) in [6.45, 7) is 19.7. The molecule has 0 N–H and O–H groups in total. The van der Waals surface area contributed by atoms with E-state index in [2.05, 4.69) is 0 Å². The second kappa shape index (κ2) is 14.5. The van der Waals surface area contributed by atoms with E-state index in [1.165, 1.54) is 12.1 Å². The fraction of sp³-hybridized carbons (Fsp3) is 0.485. The summed E-state index contributed by atoms with van der Waals surface area (Å²) in [7, 11) is 0. The lowest BCUT2D eigenvalue weighted by atomic mass is 9.92. The van der Waals surface area contributed by atoms with Crippen LogP contribution in [0.1, 0.15) is 140 Å². The van der Waals surface area contributed by atoms with Gasteiger partial charge in [0.2, 0.25) is 0 Å². The first-order chi connectivity index (χ1) is 20.9. The van der Waals surface area contributed by atoms with Gasteiger partial charge in [-0.2, -0.15) is 19.6 Å². The number of ketones is 1. The SMILES string of the molecule is CC(C)(C)OOC(=O)c1ccc(C(=O)OOC(C)(C)C)c(C(=O)c2cc(C(=O)OOC(C)(C)C)ccc2C(=O)OOC(C)(C)C)c1. The Morgan fingerprint density at radius 1 is 0.391 bits per heavy atom. The van der Waals surface area contributed by atoms with E-state index in [1.807, 2.05) is 0 Å². The monoisotopic (exact) mass is 646 g/mol. The smallest absolute Gasteiger partial charge is 0.292 e. The quantitative estimate of drug-likeness (QED) is 0.157. The summed E-state index contributed by atoms with van der Waals surface area (Å²) >= 11 is 0. The molecule has 0 spiro atoms. The second-order valence-electron chi connectivity index (χ2n) is 14.1. The van der Waals surface area contributed by atoms with E-state index in [4.69, 9.17) is 39.1 Å². The van der Waals surface area contributed by atoms with Crippen LogP contribution in [0.15, 0.2) is 36.4 Å². The van der Waals surface area contributed by atoms with Gasteiger partial charge in [-0.3, -0.25) is 24.3 Å². The summed E-state index contributed by atoms with van der Waals surface area (Å²) in [6, 6.07) is 6.82. The number of hydrogen-bond donors (Lipinski definition) is 0. The summed E-state index contributed by atoms with van der Waals surface area (Å²) in [5.74, 6) is -5.12. The van der Waals surface area contributed by atoms with Crippen LogP contribution in [-0.2, 0) is 39.1 Å². The van der Waals surface area contributed by atoms with E-state index in [-0.39, 0.29) is 22.3 Å². The minimum Gasteiger partial charge on any atom is -0.292 e. The molecule has 0 heterocycles. The number of rotatable bonds is 10. The maximum atomic E-state index is 14.2. The van der Waals surface area contributed by atoms with Crippen molar-refractivity contribution in [1.29, 1.82) is 0 Å². The molecule has 13 nitrogen and oxygen atoms in total. The first-order valence-corrected chi connectivity index (χ1v) is 14.3. The molecule has 13 heteroatoms. The topological polar surface area (TPSA) is 159 Å². The average Bonchev–Trinajstić information content (AvgIpc) is 2.93. The summed E-state index contributed by atoms with van der Waals surface area (Å²) in [6.07, 6.45) is 0. The van der Waals surface area contributed by atoms with Gasteiger partial charge >= 0.3 is 23.9 Å². The van der Waals surface area contributed by atoms with Crippen molar-refractivity contribution in [3.05, 3.63) is 69.8 Å². The Morgan fingerprint density at radius 2 is 0.652 bits per heavy atom. The van der Waals surface area contributed by atoms with Gasteiger partial charge in [-0.25, -0.2) is 19.2 Å². The molecule has 0 bridgehead atoms. The maximum absolute atomic E-state index is 14.2. The number of carbonyl (C=O) groups is 5. The highest BCUT2D eigenvalue weighted by molar-refractivity contribution is 6.19. The first-order valence-electron chi connectivity index (χ1n) is 14.3. The predicted molar refractivity (Wildman–Crippen MR) is 161 cm³/mol. The van der Waals surface area contributed by atoms with Gasteiger partial charge in [-0.05, 0) is 119 Å². The standard InChI is InChI=1S/C33H42O13/c1-30(2,3)43-39-26(35)19-13-15-21(28(37)41-45-32(7,8)9)23(17-19)25(34)24-18-20(27(36)40-44-31(4,5)6)14-16-22(24)29(38)42-46-33(10,11)12/h13-18H,1-12H3. The molecule has 0 unspecified atom stereocenters. The van der Waals surface area contributed by atoms with Crippen LogP contribution in [0.4, 0.5) is 0 Å². The first kappa shape index (κ1) is 38.0. The zero-order chi connectivity index (χ0) is 35.3. The zero-order valence-corrected chi connectivity index (χ0v) is 28.3. The van der Waals surface area contributed by atoms with Crippen molar-refractivity contribution in [2.75, 3.05) is 0 Å². The Kier molecular flexibility index (Phi) is 12.0. The molecule has 0 aliphatic carbocycles. The maximum Gasteiger partial charge on any atom is 0.373 e. The van der Waals surface area contributed by atoms with E-state index >= 15 is 0 Å². The number of hydrogen-bond acceptors (Lipinski definition) is 13. The lowest BCUT2D eigenvalue weighted by Gasteiger charge is -2.19. The average molecular weight is 647 g/mol. The fourth-order valence-electron chi connectivity index (χ4n) is 3.06. The lowest BCUT2D eigenvalue weighted by molar-refractivity contribution is -0.301. The molecule has 2 aromatic carbocycles. The number of carbonyl (C=O) groups excluding carboxylic acids is 5. The van der Waals surface area contributed by atoms with Crippen molar-refractivity contribution in [1.82, 2.24) is 0 Å². The summed E-state index contributed by atoms with van der Waals surface area (Å²) in [5.41, 5.74) is -5.36. The summed E-state index contributed by atoms with van der Waals surface area (Å²) < 4.78 is 0. The van der Waals surface area contributed by atoms with Crippen LogP contribution < -0.4 is 0 Å². The van der Waals surface area contributed by atoms with Crippen LogP contribution in [0.5, 0.6) is 0 Å². The Hall–Kier alpha value is -4.17. The van der Waals surface area contributed by atoms with E-state index in [9.17, 15) is 24.0 Å². The second-order valence-corrected chi connectivity index (χ2v) is 14.1. The van der Waals surface area contributed by atoms with Crippen LogP contribution >= 0.6 is 0 Å². The molecule has 0 saturated carbocycles. The molecule has 0 saturated heterocycles. The van der Waals surface area contributed by atoms with Crippen molar-refractivity contribution in [2.45, 2.75) is 105 Å². The molecule has 0 aliphatic heterocycles. The molecule has 252 valence electrons. The van der Waals surface area contributed by atoms with Crippen LogP contribution in [-0.4, -0.2) is 52.1 Å². The highest BCUT2D eigenvalue weighted by Crippen LogP contribution is 2.25. The summed E-state index contributed by atoms with van der Waals surface area (Å²) in [5, 5.41) is 0. The van der Waals surface area contributed by atoms with Crippen molar-refractivity contribution in [3.8, 4) is 0 Å². The highest BCUT2D eigenvalue weighted by Gasteiger charge is 2.30. The van der Waals surface area contributed by atoms with Crippen LogP contribution in [0.3, 0.4) is 0 Å². The van der Waals surface area contributed by atoms with Gasteiger partial charge in [0.15, 0.2) is 5.78 Å². The minimum atomic E-state index is -1.08. The van der Waals surface area contributed by atoms with Gasteiger partial charge < -0.3 is 0 Å². The molecule has 0 atom stereocenters. The molecular formula is C33H42O13. The summed E-state index contributed by atoms with van der Waals surface area (Å²) in [4.78, 5) is 106. The molecule has 46 heavy (non-hydrogen) atoms. The Balaban J connectivity index is 2.72. The minimum absolute atomic E-state index is 0.185. The molecule has 2 aromatic rings. The third-order valence-electron chi connectivity index (χ3n) is 4.91. The normalized spacial score (nSPS) is 12.3.